The lowest BCUT2D eigenvalue weighted by Gasteiger charge is -2.27. The second-order valence-electron chi connectivity index (χ2n) is 5.65. The Bertz CT molecular complexity index is 450. The third kappa shape index (κ3) is 3.58. The van der Waals surface area contributed by atoms with E-state index >= 15 is 0 Å². The smallest absolute Gasteiger partial charge is 0.164 e. The van der Waals surface area contributed by atoms with Gasteiger partial charge in [0, 0.05) is 17.0 Å². The van der Waals surface area contributed by atoms with Crippen LogP contribution in [0.2, 0.25) is 5.02 Å². The summed E-state index contributed by atoms with van der Waals surface area (Å²) in [7, 11) is 0. The van der Waals surface area contributed by atoms with Crippen molar-refractivity contribution in [3.05, 3.63) is 34.3 Å². The molecule has 0 spiro atoms. The normalized spacial score (nSPS) is 23.3. The van der Waals surface area contributed by atoms with E-state index in [0.29, 0.717) is 24.4 Å². The van der Waals surface area contributed by atoms with E-state index in [1.165, 1.54) is 31.2 Å². The summed E-state index contributed by atoms with van der Waals surface area (Å²) in [6.07, 6.45) is 5.34. The molecule has 1 aromatic carbocycles. The van der Waals surface area contributed by atoms with Gasteiger partial charge in [-0.3, -0.25) is 4.79 Å². The molecule has 1 aliphatic carbocycles. The fraction of sp³-hybridized carbons (Fsp3) is 0.562. The molecule has 2 N–H and O–H groups in total. The fourth-order valence-corrected chi connectivity index (χ4v) is 3.21. The highest BCUT2D eigenvalue weighted by Crippen LogP contribution is 2.38. The van der Waals surface area contributed by atoms with Crippen molar-refractivity contribution in [1.82, 2.24) is 0 Å². The Morgan fingerprint density at radius 3 is 2.58 bits per heavy atom. The molecule has 104 valence electrons. The van der Waals surface area contributed by atoms with Gasteiger partial charge < -0.3 is 5.73 Å². The average molecular weight is 280 g/mol. The number of carbonyl (C=O) groups is 1. The van der Waals surface area contributed by atoms with Crippen LogP contribution in [-0.4, -0.2) is 12.3 Å². The maximum absolute atomic E-state index is 11.8. The topological polar surface area (TPSA) is 43.1 Å². The molecule has 3 heteroatoms. The van der Waals surface area contributed by atoms with Crippen LogP contribution in [0.15, 0.2) is 18.2 Å². The van der Waals surface area contributed by atoms with Gasteiger partial charge in [0.2, 0.25) is 0 Å². The molecular weight excluding hydrogens is 258 g/mol. The van der Waals surface area contributed by atoms with E-state index in [0.717, 1.165) is 10.9 Å². The fourth-order valence-electron chi connectivity index (χ4n) is 2.88. The average Bonchev–Trinajstić information content (AvgIpc) is 2.40. The Balaban J connectivity index is 2.13. The van der Waals surface area contributed by atoms with Crippen molar-refractivity contribution in [2.75, 3.05) is 6.54 Å². The minimum atomic E-state index is 0.0771. The van der Waals surface area contributed by atoms with Crippen LogP contribution in [0.4, 0.5) is 0 Å². The van der Waals surface area contributed by atoms with Gasteiger partial charge >= 0.3 is 0 Å². The molecular formula is C16H22ClNO. The molecule has 0 saturated heterocycles. The van der Waals surface area contributed by atoms with Crippen molar-refractivity contribution in [1.29, 1.82) is 0 Å². The molecule has 19 heavy (non-hydrogen) atoms. The number of hydrogen-bond donors (Lipinski definition) is 1. The number of Topliss-reactive ketones (excluding diaryl/α,β-unsaturated/α-hetero) is 1. The molecule has 0 atom stereocenters. The van der Waals surface area contributed by atoms with Gasteiger partial charge in [-0.15, -0.1) is 0 Å². The molecule has 2 rings (SSSR count). The molecule has 1 aromatic rings. The molecule has 0 bridgehead atoms. The van der Waals surface area contributed by atoms with E-state index in [4.69, 9.17) is 17.3 Å². The standard InChI is InChI=1S/C16H22ClNO/c1-11-2-4-12(5-3-11)14-7-6-13(10-15(14)17)16(19)8-9-18/h6-7,10-12H,2-5,8-9,18H2,1H3. The molecule has 0 heterocycles. The van der Waals surface area contributed by atoms with Crippen LogP contribution >= 0.6 is 11.6 Å². The molecule has 0 amide bonds. The van der Waals surface area contributed by atoms with Crippen molar-refractivity contribution in [2.45, 2.75) is 44.9 Å². The summed E-state index contributed by atoms with van der Waals surface area (Å²) in [4.78, 5) is 11.8. The van der Waals surface area contributed by atoms with E-state index in [1.807, 2.05) is 18.2 Å². The number of ketones is 1. The lowest BCUT2D eigenvalue weighted by Crippen LogP contribution is -2.12. The van der Waals surface area contributed by atoms with Crippen LogP contribution in [-0.2, 0) is 0 Å². The Hall–Kier alpha value is -0.860. The van der Waals surface area contributed by atoms with E-state index in [-0.39, 0.29) is 5.78 Å². The first-order chi connectivity index (χ1) is 9.11. The summed E-state index contributed by atoms with van der Waals surface area (Å²) < 4.78 is 0. The van der Waals surface area contributed by atoms with Crippen LogP contribution < -0.4 is 5.73 Å². The van der Waals surface area contributed by atoms with E-state index in [1.54, 1.807) is 0 Å². The number of hydrogen-bond acceptors (Lipinski definition) is 2. The third-order valence-electron chi connectivity index (χ3n) is 4.15. The molecule has 2 nitrogen and oxygen atoms in total. The molecule has 0 aliphatic heterocycles. The van der Waals surface area contributed by atoms with Crippen LogP contribution in [0.25, 0.3) is 0 Å². The van der Waals surface area contributed by atoms with Crippen molar-refractivity contribution >= 4 is 17.4 Å². The van der Waals surface area contributed by atoms with Gasteiger partial charge in [-0.05, 0) is 42.9 Å². The van der Waals surface area contributed by atoms with E-state index in [9.17, 15) is 4.79 Å². The van der Waals surface area contributed by atoms with Crippen LogP contribution in [0.3, 0.4) is 0 Å². The summed E-state index contributed by atoms with van der Waals surface area (Å²) in [5.41, 5.74) is 7.30. The predicted octanol–water partition coefficient (Wildman–Crippen LogP) is 4.17. The largest absolute Gasteiger partial charge is 0.330 e. The Morgan fingerprint density at radius 2 is 2.00 bits per heavy atom. The van der Waals surface area contributed by atoms with Crippen LogP contribution in [0.1, 0.15) is 60.9 Å². The Kier molecular flexibility index (Phi) is 5.00. The number of halogens is 1. The van der Waals surface area contributed by atoms with Crippen molar-refractivity contribution < 1.29 is 4.79 Å². The molecule has 0 unspecified atom stereocenters. The van der Waals surface area contributed by atoms with E-state index < -0.39 is 0 Å². The molecule has 1 fully saturated rings. The van der Waals surface area contributed by atoms with Crippen molar-refractivity contribution in [3.63, 3.8) is 0 Å². The summed E-state index contributed by atoms with van der Waals surface area (Å²) in [6, 6.07) is 5.75. The highest BCUT2D eigenvalue weighted by Gasteiger charge is 2.22. The van der Waals surface area contributed by atoms with Gasteiger partial charge in [-0.25, -0.2) is 0 Å². The number of rotatable bonds is 4. The summed E-state index contributed by atoms with van der Waals surface area (Å²) in [6.45, 7) is 2.70. The molecule has 1 saturated carbocycles. The number of benzene rings is 1. The third-order valence-corrected chi connectivity index (χ3v) is 4.48. The van der Waals surface area contributed by atoms with Gasteiger partial charge in [0.05, 0.1) is 0 Å². The first kappa shape index (κ1) is 14.5. The van der Waals surface area contributed by atoms with E-state index in [2.05, 4.69) is 6.92 Å². The van der Waals surface area contributed by atoms with Gasteiger partial charge in [0.1, 0.15) is 0 Å². The maximum Gasteiger partial charge on any atom is 0.164 e. The lowest BCUT2D eigenvalue weighted by atomic mass is 9.79. The van der Waals surface area contributed by atoms with Gasteiger partial charge in [-0.2, -0.15) is 0 Å². The predicted molar refractivity (Wildman–Crippen MR) is 79.8 cm³/mol. The monoisotopic (exact) mass is 279 g/mol. The molecule has 1 aliphatic rings. The van der Waals surface area contributed by atoms with Gasteiger partial charge in [0.25, 0.3) is 0 Å². The minimum absolute atomic E-state index is 0.0771. The summed E-state index contributed by atoms with van der Waals surface area (Å²) in [5, 5.41) is 0.738. The minimum Gasteiger partial charge on any atom is -0.330 e. The SMILES string of the molecule is CC1CCC(c2ccc(C(=O)CCN)cc2Cl)CC1. The Morgan fingerprint density at radius 1 is 1.32 bits per heavy atom. The maximum atomic E-state index is 11.8. The first-order valence-corrected chi connectivity index (χ1v) is 7.52. The molecule has 0 radical (unpaired) electrons. The first-order valence-electron chi connectivity index (χ1n) is 7.14. The number of carbonyl (C=O) groups excluding carboxylic acids is 1. The second kappa shape index (κ2) is 6.53. The summed E-state index contributed by atoms with van der Waals surface area (Å²) in [5.74, 6) is 1.47. The molecule has 0 aromatic heterocycles. The zero-order valence-corrected chi connectivity index (χ0v) is 12.2. The van der Waals surface area contributed by atoms with Crippen LogP contribution in [0, 0.1) is 5.92 Å². The zero-order chi connectivity index (χ0) is 13.8. The Labute approximate surface area is 120 Å². The zero-order valence-electron chi connectivity index (χ0n) is 11.5. The number of nitrogens with two attached hydrogens (primary N) is 1. The van der Waals surface area contributed by atoms with Crippen molar-refractivity contribution in [3.8, 4) is 0 Å². The van der Waals surface area contributed by atoms with Gasteiger partial charge in [-0.1, -0.05) is 43.5 Å². The summed E-state index contributed by atoms with van der Waals surface area (Å²) >= 11 is 6.36. The quantitative estimate of drug-likeness (QED) is 0.841. The van der Waals surface area contributed by atoms with Crippen LogP contribution in [0.5, 0.6) is 0 Å². The lowest BCUT2D eigenvalue weighted by molar-refractivity contribution is 0.0985. The highest BCUT2D eigenvalue weighted by molar-refractivity contribution is 6.31. The van der Waals surface area contributed by atoms with Gasteiger partial charge in [0.15, 0.2) is 5.78 Å². The van der Waals surface area contributed by atoms with Crippen molar-refractivity contribution in [2.24, 2.45) is 11.7 Å². The second-order valence-corrected chi connectivity index (χ2v) is 6.06. The highest BCUT2D eigenvalue weighted by atomic mass is 35.5.